The van der Waals surface area contributed by atoms with Crippen LogP contribution in [-0.2, 0) is 40.0 Å². The molecule has 1 saturated heterocycles. The lowest BCUT2D eigenvalue weighted by atomic mass is 9.88. The van der Waals surface area contributed by atoms with E-state index in [0.717, 1.165) is 33.7 Å². The van der Waals surface area contributed by atoms with Gasteiger partial charge in [0.05, 0.1) is 5.69 Å². The molecule has 2 N–H and O–H groups in total. The fourth-order valence-corrected chi connectivity index (χ4v) is 6.55. The predicted molar refractivity (Wildman–Crippen MR) is 172 cm³/mol. The summed E-state index contributed by atoms with van der Waals surface area (Å²) in [7, 11) is 0. The molecule has 250 valence electrons. The van der Waals surface area contributed by atoms with E-state index < -0.39 is 53.5 Å². The van der Waals surface area contributed by atoms with Crippen LogP contribution in [0.3, 0.4) is 0 Å². The lowest BCUT2D eigenvalue weighted by Crippen LogP contribution is -2.67. The first kappa shape index (κ1) is 32.9. The number of halogens is 3. The zero-order chi connectivity index (χ0) is 34.0. The molecule has 6 rings (SSSR count). The molecule has 0 spiro atoms. The zero-order valence-corrected chi connectivity index (χ0v) is 26.5. The number of benzene rings is 3. The van der Waals surface area contributed by atoms with Crippen LogP contribution in [0.25, 0.3) is 0 Å². The highest BCUT2D eigenvalue weighted by atomic mass is 19.4. The Morgan fingerprint density at radius 1 is 0.938 bits per heavy atom. The molecule has 3 amide bonds. The number of anilines is 1. The summed E-state index contributed by atoms with van der Waals surface area (Å²) in [5.74, 6) is -3.70. The molecule has 1 unspecified atom stereocenters. The summed E-state index contributed by atoms with van der Waals surface area (Å²) < 4.78 is 52.5. The number of amides is 3. The van der Waals surface area contributed by atoms with Gasteiger partial charge in [0.15, 0.2) is 6.04 Å². The van der Waals surface area contributed by atoms with Gasteiger partial charge < -0.3 is 24.7 Å². The number of furan rings is 1. The van der Waals surface area contributed by atoms with Gasteiger partial charge in [0.2, 0.25) is 17.6 Å². The van der Waals surface area contributed by atoms with Gasteiger partial charge in [-0.05, 0) is 72.1 Å². The van der Waals surface area contributed by atoms with Gasteiger partial charge >= 0.3 is 6.18 Å². The number of para-hydroxylation sites is 2. The summed E-state index contributed by atoms with van der Waals surface area (Å²) >= 11 is 0. The van der Waals surface area contributed by atoms with E-state index in [0.29, 0.717) is 18.6 Å². The van der Waals surface area contributed by atoms with E-state index in [1.807, 2.05) is 68.4 Å². The summed E-state index contributed by atoms with van der Waals surface area (Å²) in [6, 6.07) is 21.7. The van der Waals surface area contributed by atoms with Gasteiger partial charge in [-0.1, -0.05) is 80.6 Å². The van der Waals surface area contributed by atoms with Gasteiger partial charge in [-0.25, -0.2) is 0 Å². The minimum atomic E-state index is -4.84. The maximum absolute atomic E-state index is 14.5. The number of ether oxygens (including phenoxy) is 1. The van der Waals surface area contributed by atoms with Crippen molar-refractivity contribution in [3.63, 3.8) is 0 Å². The van der Waals surface area contributed by atoms with Gasteiger partial charge in [-0.3, -0.25) is 14.4 Å². The van der Waals surface area contributed by atoms with Crippen molar-refractivity contribution in [3.8, 4) is 5.75 Å². The van der Waals surface area contributed by atoms with Gasteiger partial charge in [0.1, 0.15) is 30.2 Å². The number of hydrogen-bond acceptors (Lipinski definition) is 5. The zero-order valence-electron chi connectivity index (χ0n) is 26.5. The number of piperazine rings is 1. The number of nitrogens with zero attached hydrogens (tertiary/aromatic N) is 1. The van der Waals surface area contributed by atoms with Gasteiger partial charge in [-0.15, -0.1) is 0 Å². The SMILES string of the molecule is CC(C)C[C@@H]1C(=O)N[C@H](C2Cc3ccccc3C2)C(=O)N1C(C(=O)Nc1ccccc1OCc1ccccc1)c1ccc(C(F)(F)F)o1. The Morgan fingerprint density at radius 3 is 2.23 bits per heavy atom. The maximum atomic E-state index is 14.5. The molecule has 0 radical (unpaired) electrons. The largest absolute Gasteiger partial charge is 0.487 e. The summed E-state index contributed by atoms with van der Waals surface area (Å²) in [6.45, 7) is 3.91. The molecule has 2 aliphatic rings. The van der Waals surface area contributed by atoms with Gasteiger partial charge in [0.25, 0.3) is 5.91 Å². The van der Waals surface area contributed by atoms with Crippen molar-refractivity contribution >= 4 is 23.4 Å². The average molecular weight is 660 g/mol. The van der Waals surface area contributed by atoms with Crippen LogP contribution in [0.4, 0.5) is 18.9 Å². The molecule has 1 aliphatic carbocycles. The first-order valence-corrected chi connectivity index (χ1v) is 15.9. The van der Waals surface area contributed by atoms with Crippen LogP contribution in [0.15, 0.2) is 95.4 Å². The Morgan fingerprint density at radius 2 is 1.58 bits per heavy atom. The van der Waals surface area contributed by atoms with Crippen LogP contribution in [-0.4, -0.2) is 34.7 Å². The molecule has 48 heavy (non-hydrogen) atoms. The molecule has 4 aromatic rings. The molecular weight excluding hydrogens is 623 g/mol. The first-order valence-electron chi connectivity index (χ1n) is 15.9. The molecule has 8 nitrogen and oxygen atoms in total. The summed E-state index contributed by atoms with van der Waals surface area (Å²) in [4.78, 5) is 43.8. The van der Waals surface area contributed by atoms with Crippen molar-refractivity contribution < 1.29 is 36.7 Å². The van der Waals surface area contributed by atoms with Crippen LogP contribution in [0.2, 0.25) is 0 Å². The molecule has 1 aliphatic heterocycles. The van der Waals surface area contributed by atoms with Crippen LogP contribution in [0.1, 0.15) is 54.5 Å². The van der Waals surface area contributed by atoms with Crippen LogP contribution < -0.4 is 15.4 Å². The standard InChI is InChI=1S/C37H36F3N3O5/c1-22(2)18-28-34(44)42-32(26-19-24-12-6-7-13-25(24)20-26)36(46)43(28)33(30-16-17-31(48-30)37(38,39)40)35(45)41-27-14-8-9-15-29(27)47-21-23-10-4-3-5-11-23/h3-17,22,26,28,32-33H,18-21H2,1-2H3,(H,41,45)(H,42,44)/t28-,32-,33?/m1/s1. The number of carbonyl (C=O) groups is 3. The fraction of sp³-hybridized carbons (Fsp3) is 0.324. The molecule has 1 aromatic heterocycles. The molecule has 3 atom stereocenters. The monoisotopic (exact) mass is 659 g/mol. The number of fused-ring (bicyclic) bond motifs is 1. The second-order valence-corrected chi connectivity index (χ2v) is 12.7. The third-order valence-electron chi connectivity index (χ3n) is 8.79. The highest BCUT2D eigenvalue weighted by Crippen LogP contribution is 2.39. The predicted octanol–water partition coefficient (Wildman–Crippen LogP) is 6.71. The van der Waals surface area contributed by atoms with Crippen molar-refractivity contribution in [2.45, 2.75) is 64.0 Å². The number of alkyl halides is 3. The number of rotatable bonds is 10. The number of carbonyl (C=O) groups excluding carboxylic acids is 3. The maximum Gasteiger partial charge on any atom is 0.449 e. The lowest BCUT2D eigenvalue weighted by molar-refractivity contribution is -0.159. The lowest BCUT2D eigenvalue weighted by Gasteiger charge is -2.44. The highest BCUT2D eigenvalue weighted by Gasteiger charge is 2.51. The smallest absolute Gasteiger partial charge is 0.449 e. The van der Waals surface area contributed by atoms with E-state index in [-0.39, 0.29) is 30.6 Å². The van der Waals surface area contributed by atoms with E-state index in [1.165, 1.54) is 0 Å². The molecule has 1 fully saturated rings. The van der Waals surface area contributed by atoms with Crippen LogP contribution in [0.5, 0.6) is 5.75 Å². The van der Waals surface area contributed by atoms with Crippen molar-refractivity contribution in [2.75, 3.05) is 5.32 Å². The Kier molecular flexibility index (Phi) is 9.30. The first-order chi connectivity index (χ1) is 23.0. The molecule has 0 saturated carbocycles. The summed E-state index contributed by atoms with van der Waals surface area (Å²) in [6.07, 6.45) is -3.62. The normalized spacial score (nSPS) is 18.8. The second-order valence-electron chi connectivity index (χ2n) is 12.7. The van der Waals surface area contributed by atoms with Crippen LogP contribution >= 0.6 is 0 Å². The van der Waals surface area contributed by atoms with Crippen molar-refractivity contribution in [2.24, 2.45) is 11.8 Å². The Hall–Kier alpha value is -5.06. The third-order valence-corrected chi connectivity index (χ3v) is 8.79. The average Bonchev–Trinajstić information content (AvgIpc) is 3.72. The van der Waals surface area contributed by atoms with E-state index in [1.54, 1.807) is 24.3 Å². The van der Waals surface area contributed by atoms with E-state index in [2.05, 4.69) is 10.6 Å². The van der Waals surface area contributed by atoms with Gasteiger partial charge in [0, 0.05) is 0 Å². The topological polar surface area (TPSA) is 101 Å². The third kappa shape index (κ3) is 6.95. The van der Waals surface area contributed by atoms with Crippen LogP contribution in [0, 0.1) is 11.8 Å². The summed E-state index contributed by atoms with van der Waals surface area (Å²) in [5.41, 5.74) is 3.24. The molecular formula is C37H36F3N3O5. The molecule has 11 heteroatoms. The van der Waals surface area contributed by atoms with Gasteiger partial charge in [-0.2, -0.15) is 13.2 Å². The quantitative estimate of drug-likeness (QED) is 0.197. The molecule has 0 bridgehead atoms. The van der Waals surface area contributed by atoms with Crippen molar-refractivity contribution in [3.05, 3.63) is 119 Å². The number of hydrogen-bond donors (Lipinski definition) is 2. The Bertz CT molecular complexity index is 1760. The molecule has 2 heterocycles. The fourth-order valence-electron chi connectivity index (χ4n) is 6.55. The Labute approximate surface area is 276 Å². The Balaban J connectivity index is 1.37. The van der Waals surface area contributed by atoms with Crippen molar-refractivity contribution in [1.29, 1.82) is 0 Å². The van der Waals surface area contributed by atoms with Crippen molar-refractivity contribution in [1.82, 2.24) is 10.2 Å². The van der Waals surface area contributed by atoms with E-state index in [9.17, 15) is 27.6 Å². The van der Waals surface area contributed by atoms with E-state index >= 15 is 0 Å². The minimum absolute atomic E-state index is 0.0958. The second kappa shape index (κ2) is 13.6. The highest BCUT2D eigenvalue weighted by molar-refractivity contribution is 6.03. The minimum Gasteiger partial charge on any atom is -0.487 e. The summed E-state index contributed by atoms with van der Waals surface area (Å²) in [5, 5.41) is 5.67. The van der Waals surface area contributed by atoms with E-state index in [4.69, 9.17) is 9.15 Å². The molecule has 3 aromatic carbocycles. The number of nitrogens with one attached hydrogen (secondary N) is 2.